The summed E-state index contributed by atoms with van der Waals surface area (Å²) in [7, 11) is 4.02. The highest BCUT2D eigenvalue weighted by atomic mass is 35.5. The number of likely N-dealkylation sites (N-methyl/N-ethyl adjacent to an activating group) is 1. The number of halogens is 3. The van der Waals surface area contributed by atoms with E-state index in [-0.39, 0.29) is 29.4 Å². The molecule has 4 nitrogen and oxygen atoms in total. The number of aromatic carboxylic acids is 1. The molecular weight excluding hydrogens is 316 g/mol. The maximum Gasteiger partial charge on any atom is 0.338 e. The smallest absolute Gasteiger partial charge is 0.338 e. The molecule has 1 aromatic carbocycles. The molecule has 0 amide bonds. The van der Waals surface area contributed by atoms with Crippen molar-refractivity contribution in [2.75, 3.05) is 14.1 Å². The first-order valence-corrected chi connectivity index (χ1v) is 6.85. The Morgan fingerprint density at radius 3 is 2.68 bits per heavy atom. The number of hydrogen-bond donors (Lipinski definition) is 2. The molecule has 2 aromatic rings. The molecule has 0 saturated heterocycles. The standard InChI is InChI=1S/C15H15F2NO3.ClH/c1-18(2)7-3-4-11-8(5-7)12-13(17)9(15(19)20)6-10(16)14(12)21-11;/h6-7H,3-5H2,1-2H3,(H,19,20);1H. The summed E-state index contributed by atoms with van der Waals surface area (Å²) in [5.41, 5.74) is -0.207. The third-order valence-corrected chi connectivity index (χ3v) is 4.25. The molecular formula is C15H16ClF2NO3. The predicted molar refractivity (Wildman–Crippen MR) is 71.7 cm³/mol. The van der Waals surface area contributed by atoms with Gasteiger partial charge in [-0.3, -0.25) is 0 Å². The van der Waals surface area contributed by atoms with Crippen LogP contribution in [0, 0.1) is 11.6 Å². The van der Waals surface area contributed by atoms with Gasteiger partial charge in [-0.1, -0.05) is 0 Å². The third-order valence-electron chi connectivity index (χ3n) is 4.25. The van der Waals surface area contributed by atoms with Crippen LogP contribution >= 0.6 is 0 Å². The van der Waals surface area contributed by atoms with Crippen LogP contribution in [0.3, 0.4) is 0 Å². The van der Waals surface area contributed by atoms with Crippen LogP contribution in [-0.2, 0) is 12.8 Å². The second-order valence-corrected chi connectivity index (χ2v) is 5.75. The van der Waals surface area contributed by atoms with Gasteiger partial charge in [-0.15, -0.1) is 0 Å². The lowest BCUT2D eigenvalue weighted by molar-refractivity contribution is -0.886. The first-order chi connectivity index (χ1) is 9.90. The molecule has 0 fully saturated rings. The van der Waals surface area contributed by atoms with Crippen molar-refractivity contribution < 1.29 is 40.4 Å². The molecule has 2 N–H and O–H groups in total. The first-order valence-electron chi connectivity index (χ1n) is 6.85. The number of rotatable bonds is 2. The first kappa shape index (κ1) is 16.7. The van der Waals surface area contributed by atoms with Crippen LogP contribution in [0.25, 0.3) is 11.0 Å². The van der Waals surface area contributed by atoms with Crippen molar-refractivity contribution in [2.24, 2.45) is 0 Å². The average molecular weight is 332 g/mol. The second-order valence-electron chi connectivity index (χ2n) is 5.75. The number of carbonyl (C=O) groups is 1. The molecule has 3 rings (SSSR count). The minimum absolute atomic E-state index is 0. The molecule has 7 heteroatoms. The predicted octanol–water partition coefficient (Wildman–Crippen LogP) is -1.58. The fourth-order valence-corrected chi connectivity index (χ4v) is 3.02. The minimum atomic E-state index is -1.48. The summed E-state index contributed by atoms with van der Waals surface area (Å²) in [6.07, 6.45) is 2.05. The van der Waals surface area contributed by atoms with E-state index in [1.54, 1.807) is 0 Å². The normalized spacial score (nSPS) is 17.4. The average Bonchev–Trinajstić information content (AvgIpc) is 2.81. The van der Waals surface area contributed by atoms with Crippen LogP contribution in [0.4, 0.5) is 8.78 Å². The number of nitrogens with one attached hydrogen (secondary N) is 1. The summed E-state index contributed by atoms with van der Waals surface area (Å²) in [6.45, 7) is 0. The molecule has 1 aliphatic carbocycles. The second kappa shape index (κ2) is 5.85. The van der Waals surface area contributed by atoms with Crippen molar-refractivity contribution in [3.63, 3.8) is 0 Å². The van der Waals surface area contributed by atoms with Crippen LogP contribution in [0.2, 0.25) is 0 Å². The summed E-state index contributed by atoms with van der Waals surface area (Å²) in [5.74, 6) is -2.64. The van der Waals surface area contributed by atoms with E-state index in [0.29, 0.717) is 30.2 Å². The summed E-state index contributed by atoms with van der Waals surface area (Å²) >= 11 is 0. The van der Waals surface area contributed by atoms with Crippen molar-refractivity contribution in [2.45, 2.75) is 25.3 Å². The highest BCUT2D eigenvalue weighted by molar-refractivity contribution is 5.95. The van der Waals surface area contributed by atoms with Crippen LogP contribution in [0.1, 0.15) is 28.1 Å². The fourth-order valence-electron chi connectivity index (χ4n) is 3.02. The van der Waals surface area contributed by atoms with Crippen LogP contribution in [-0.4, -0.2) is 31.2 Å². The summed E-state index contributed by atoms with van der Waals surface area (Å²) in [4.78, 5) is 12.3. The van der Waals surface area contributed by atoms with Gasteiger partial charge in [0.25, 0.3) is 0 Å². The number of fused-ring (bicyclic) bond motifs is 3. The quantitative estimate of drug-likeness (QED) is 0.698. The topological polar surface area (TPSA) is 54.9 Å². The molecule has 1 heterocycles. The summed E-state index contributed by atoms with van der Waals surface area (Å²) in [5, 5.41) is 8.98. The zero-order valence-corrected chi connectivity index (χ0v) is 12.9. The monoisotopic (exact) mass is 331 g/mol. The Balaban J connectivity index is 0.00000176. The van der Waals surface area contributed by atoms with Crippen molar-refractivity contribution in [3.05, 3.63) is 34.6 Å². The maximum atomic E-state index is 14.4. The Morgan fingerprint density at radius 1 is 1.41 bits per heavy atom. The van der Waals surface area contributed by atoms with Crippen molar-refractivity contribution >= 4 is 16.9 Å². The van der Waals surface area contributed by atoms with Gasteiger partial charge < -0.3 is 26.8 Å². The van der Waals surface area contributed by atoms with Gasteiger partial charge >= 0.3 is 5.97 Å². The zero-order valence-electron chi connectivity index (χ0n) is 12.2. The SMILES string of the molecule is C[NH+](C)C1CCc2oc3c(F)cc(C(=O)O)c(F)c3c2C1.[Cl-]. The van der Waals surface area contributed by atoms with Crippen LogP contribution < -0.4 is 17.3 Å². The van der Waals surface area contributed by atoms with Gasteiger partial charge in [-0.25, -0.2) is 13.6 Å². The number of aryl methyl sites for hydroxylation is 1. The van der Waals surface area contributed by atoms with E-state index in [1.165, 1.54) is 4.90 Å². The Hall–Kier alpha value is -1.66. The number of carboxylic acids is 1. The van der Waals surface area contributed by atoms with E-state index in [0.717, 1.165) is 6.42 Å². The van der Waals surface area contributed by atoms with E-state index < -0.39 is 23.2 Å². The molecule has 1 atom stereocenters. The van der Waals surface area contributed by atoms with Gasteiger partial charge in [0.15, 0.2) is 11.4 Å². The highest BCUT2D eigenvalue weighted by Gasteiger charge is 2.31. The summed E-state index contributed by atoms with van der Waals surface area (Å²) < 4.78 is 33.9. The Kier molecular flexibility index (Phi) is 4.44. The number of carboxylic acid groups (broad SMARTS) is 1. The highest BCUT2D eigenvalue weighted by Crippen LogP contribution is 2.35. The number of quaternary nitrogens is 1. The van der Waals surface area contributed by atoms with Gasteiger partial charge in [0.1, 0.15) is 11.6 Å². The molecule has 1 aliphatic rings. The van der Waals surface area contributed by atoms with Gasteiger partial charge in [-0.2, -0.15) is 0 Å². The number of furan rings is 1. The number of benzene rings is 1. The van der Waals surface area contributed by atoms with Crippen LogP contribution in [0.5, 0.6) is 0 Å². The van der Waals surface area contributed by atoms with E-state index in [4.69, 9.17) is 9.52 Å². The van der Waals surface area contributed by atoms with Crippen molar-refractivity contribution in [1.29, 1.82) is 0 Å². The Labute approximate surface area is 132 Å². The van der Waals surface area contributed by atoms with E-state index >= 15 is 0 Å². The van der Waals surface area contributed by atoms with E-state index in [1.807, 2.05) is 14.1 Å². The lowest BCUT2D eigenvalue weighted by Gasteiger charge is -2.24. The van der Waals surface area contributed by atoms with Gasteiger partial charge in [-0.05, 0) is 6.07 Å². The molecule has 0 radical (unpaired) electrons. The van der Waals surface area contributed by atoms with Crippen molar-refractivity contribution in [3.8, 4) is 0 Å². The minimum Gasteiger partial charge on any atom is -1.00 e. The van der Waals surface area contributed by atoms with Gasteiger partial charge in [0.2, 0.25) is 0 Å². The lowest BCUT2D eigenvalue weighted by atomic mass is 9.90. The zero-order chi connectivity index (χ0) is 15.3. The molecule has 0 spiro atoms. The maximum absolute atomic E-state index is 14.4. The van der Waals surface area contributed by atoms with E-state index in [9.17, 15) is 13.6 Å². The molecule has 0 saturated carbocycles. The molecule has 0 bridgehead atoms. The lowest BCUT2D eigenvalue weighted by Crippen LogP contribution is -3.10. The fraction of sp³-hybridized carbons (Fsp3) is 0.400. The number of hydrogen-bond acceptors (Lipinski definition) is 2. The van der Waals surface area contributed by atoms with Crippen LogP contribution in [0.15, 0.2) is 10.5 Å². The van der Waals surface area contributed by atoms with E-state index in [2.05, 4.69) is 0 Å². The molecule has 1 unspecified atom stereocenters. The molecule has 22 heavy (non-hydrogen) atoms. The largest absolute Gasteiger partial charge is 1.00 e. The molecule has 120 valence electrons. The molecule has 1 aromatic heterocycles. The Morgan fingerprint density at radius 2 is 2.09 bits per heavy atom. The van der Waals surface area contributed by atoms with Crippen molar-refractivity contribution in [1.82, 2.24) is 0 Å². The summed E-state index contributed by atoms with van der Waals surface area (Å²) in [6, 6.07) is 0.970. The van der Waals surface area contributed by atoms with Gasteiger partial charge in [0.05, 0.1) is 31.1 Å². The van der Waals surface area contributed by atoms with Gasteiger partial charge in [0, 0.05) is 24.8 Å². The third kappa shape index (κ3) is 2.46. The molecule has 0 aliphatic heterocycles. The Bertz CT molecular complexity index is 742.